The van der Waals surface area contributed by atoms with Crippen LogP contribution < -0.4 is 21.7 Å². The highest BCUT2D eigenvalue weighted by Crippen LogP contribution is 2.32. The largest absolute Gasteiger partial charge is 0.365 e. The van der Waals surface area contributed by atoms with E-state index < -0.39 is 5.91 Å². The number of nitrogens with two attached hydrogens (primary N) is 2. The Morgan fingerprint density at radius 2 is 1.86 bits per heavy atom. The predicted octanol–water partition coefficient (Wildman–Crippen LogP) is 2.49. The van der Waals surface area contributed by atoms with Gasteiger partial charge in [-0.3, -0.25) is 14.6 Å². The smallest absolute Gasteiger partial charge is 0.254 e. The summed E-state index contributed by atoms with van der Waals surface area (Å²) in [5.41, 5.74) is 14.8. The summed E-state index contributed by atoms with van der Waals surface area (Å²) in [6, 6.07) is 4.08. The van der Waals surface area contributed by atoms with E-state index in [0.29, 0.717) is 18.3 Å². The summed E-state index contributed by atoms with van der Waals surface area (Å²) in [4.78, 5) is 41.8. The highest BCUT2D eigenvalue weighted by atomic mass is 16.2. The van der Waals surface area contributed by atoms with E-state index >= 15 is 0 Å². The lowest BCUT2D eigenvalue weighted by Gasteiger charge is -2.31. The second kappa shape index (κ2) is 10.6. The maximum atomic E-state index is 12.2. The first kappa shape index (κ1) is 24.8. The fourth-order valence-electron chi connectivity index (χ4n) is 4.77. The second-order valence-corrected chi connectivity index (χ2v) is 9.91. The summed E-state index contributed by atoms with van der Waals surface area (Å²) in [6.07, 6.45) is 5.17. The lowest BCUT2D eigenvalue weighted by molar-refractivity contribution is -0.129. The van der Waals surface area contributed by atoms with Gasteiger partial charge in [-0.15, -0.1) is 0 Å². The molecule has 0 unspecified atom stereocenters. The van der Waals surface area contributed by atoms with Crippen molar-refractivity contribution in [2.75, 3.05) is 36.4 Å². The summed E-state index contributed by atoms with van der Waals surface area (Å²) in [6.45, 7) is 8.77. The van der Waals surface area contributed by atoms with Crippen LogP contribution in [0.1, 0.15) is 80.0 Å². The van der Waals surface area contributed by atoms with Crippen LogP contribution in [0.4, 0.5) is 17.5 Å². The molecule has 4 rings (SSSR count). The molecule has 0 saturated carbocycles. The third kappa shape index (κ3) is 5.87. The molecule has 2 aromatic heterocycles. The number of amides is 2. The van der Waals surface area contributed by atoms with E-state index in [0.717, 1.165) is 62.4 Å². The molecule has 10 heteroatoms. The molecular formula is C25H36N8O2. The van der Waals surface area contributed by atoms with Gasteiger partial charge < -0.3 is 26.6 Å². The van der Waals surface area contributed by atoms with Gasteiger partial charge in [0.2, 0.25) is 11.9 Å². The molecule has 0 aromatic carbocycles. The number of hydrogen-bond donors (Lipinski definition) is 3. The Kier molecular flexibility index (Phi) is 7.49. The van der Waals surface area contributed by atoms with Crippen LogP contribution in [0.3, 0.4) is 0 Å². The number of likely N-dealkylation sites (tertiary alicyclic amines) is 1. The number of carbonyl (C=O) groups is 2. The molecule has 0 spiro atoms. The Hall–Kier alpha value is -3.27. The highest BCUT2D eigenvalue weighted by molar-refractivity contribution is 5.98. The van der Waals surface area contributed by atoms with E-state index in [1.807, 2.05) is 21.9 Å². The molecule has 2 fully saturated rings. The fourth-order valence-corrected chi connectivity index (χ4v) is 4.77. The first-order valence-corrected chi connectivity index (χ1v) is 12.4. The average molecular weight is 481 g/mol. The normalized spacial score (nSPS) is 19.2. The minimum Gasteiger partial charge on any atom is -0.365 e. The van der Waals surface area contributed by atoms with Crippen molar-refractivity contribution in [2.45, 2.75) is 64.3 Å². The van der Waals surface area contributed by atoms with Crippen LogP contribution >= 0.6 is 0 Å². The van der Waals surface area contributed by atoms with Gasteiger partial charge in [0.1, 0.15) is 11.4 Å². The summed E-state index contributed by atoms with van der Waals surface area (Å²) in [5.74, 6) is 0.908. The van der Waals surface area contributed by atoms with Crippen LogP contribution in [-0.4, -0.2) is 63.9 Å². The molecule has 10 nitrogen and oxygen atoms in total. The van der Waals surface area contributed by atoms with E-state index in [-0.39, 0.29) is 29.3 Å². The zero-order chi connectivity index (χ0) is 25.1. The van der Waals surface area contributed by atoms with Crippen LogP contribution in [0.25, 0.3) is 0 Å². The van der Waals surface area contributed by atoms with E-state index in [1.54, 1.807) is 6.92 Å². The molecule has 0 bridgehead atoms. The Morgan fingerprint density at radius 3 is 2.49 bits per heavy atom. The van der Waals surface area contributed by atoms with Crippen molar-refractivity contribution in [1.29, 1.82) is 0 Å². The standard InChI is InChI=1S/C25H36N8O2/c1-15(2)21-11-19(12-22(30-21)17-6-9-32(10-7-17)16(3)34)29-24-20(23(27)35)13-28-25(31-24)33-8-4-5-18(26)14-33/h11-13,15,17-18H,4-10,14,26H2,1-3H3,(H2,27,35)(H,28,29,30,31)/t18-/m0/s1. The molecule has 2 amide bonds. The van der Waals surface area contributed by atoms with Gasteiger partial charge in [-0.2, -0.15) is 4.98 Å². The van der Waals surface area contributed by atoms with Gasteiger partial charge in [-0.05, 0) is 43.7 Å². The molecule has 35 heavy (non-hydrogen) atoms. The van der Waals surface area contributed by atoms with Gasteiger partial charge in [0, 0.05) is 68.3 Å². The maximum Gasteiger partial charge on any atom is 0.254 e. The van der Waals surface area contributed by atoms with Crippen molar-refractivity contribution in [3.05, 3.63) is 35.3 Å². The topological polar surface area (TPSA) is 143 Å². The minimum atomic E-state index is -0.593. The van der Waals surface area contributed by atoms with Gasteiger partial charge >= 0.3 is 0 Å². The number of nitrogens with zero attached hydrogens (tertiary/aromatic N) is 5. The van der Waals surface area contributed by atoms with Crippen molar-refractivity contribution in [2.24, 2.45) is 11.5 Å². The Bertz CT molecular complexity index is 1080. The third-order valence-corrected chi connectivity index (χ3v) is 6.86. The Labute approximate surface area is 206 Å². The molecule has 5 N–H and O–H groups in total. The Morgan fingerprint density at radius 1 is 1.11 bits per heavy atom. The van der Waals surface area contributed by atoms with Crippen LogP contribution in [0.15, 0.2) is 18.3 Å². The molecule has 188 valence electrons. The van der Waals surface area contributed by atoms with Gasteiger partial charge in [-0.25, -0.2) is 4.98 Å². The van der Waals surface area contributed by atoms with E-state index in [9.17, 15) is 9.59 Å². The monoisotopic (exact) mass is 480 g/mol. The van der Waals surface area contributed by atoms with Crippen molar-refractivity contribution >= 4 is 29.3 Å². The number of rotatable bonds is 6. The van der Waals surface area contributed by atoms with Crippen LogP contribution in [0.2, 0.25) is 0 Å². The second-order valence-electron chi connectivity index (χ2n) is 9.91. The van der Waals surface area contributed by atoms with Crippen molar-refractivity contribution in [3.8, 4) is 0 Å². The molecule has 0 radical (unpaired) electrons. The molecule has 2 saturated heterocycles. The van der Waals surface area contributed by atoms with Gasteiger partial charge in [0.05, 0.1) is 0 Å². The highest BCUT2D eigenvalue weighted by Gasteiger charge is 2.25. The minimum absolute atomic E-state index is 0.0744. The number of nitrogens with one attached hydrogen (secondary N) is 1. The number of piperidine rings is 2. The number of carbonyl (C=O) groups excluding carboxylic acids is 2. The van der Waals surface area contributed by atoms with Gasteiger partial charge in [0.15, 0.2) is 0 Å². The number of anilines is 3. The van der Waals surface area contributed by atoms with Crippen molar-refractivity contribution in [3.63, 3.8) is 0 Å². The first-order valence-electron chi connectivity index (χ1n) is 12.4. The molecule has 4 heterocycles. The maximum absolute atomic E-state index is 12.2. The summed E-state index contributed by atoms with van der Waals surface area (Å²) < 4.78 is 0. The number of hydrogen-bond acceptors (Lipinski definition) is 8. The fraction of sp³-hybridized carbons (Fsp3) is 0.560. The van der Waals surface area contributed by atoms with Gasteiger partial charge in [0.25, 0.3) is 5.91 Å². The van der Waals surface area contributed by atoms with Crippen molar-refractivity contribution in [1.82, 2.24) is 19.9 Å². The summed E-state index contributed by atoms with van der Waals surface area (Å²) in [7, 11) is 0. The number of aromatic nitrogens is 3. The lowest BCUT2D eigenvalue weighted by atomic mass is 9.92. The van der Waals surface area contributed by atoms with Crippen LogP contribution in [0, 0.1) is 0 Å². The number of primary amides is 1. The van der Waals surface area contributed by atoms with Crippen LogP contribution in [-0.2, 0) is 4.79 Å². The molecule has 0 aliphatic carbocycles. The quantitative estimate of drug-likeness (QED) is 0.572. The SMILES string of the molecule is CC(=O)N1CCC(c2cc(Nc3nc(N4CCC[C@H](N)C4)ncc3C(N)=O)cc(C(C)C)n2)CC1. The van der Waals surface area contributed by atoms with Gasteiger partial charge in [-0.1, -0.05) is 13.8 Å². The predicted molar refractivity (Wildman–Crippen MR) is 136 cm³/mol. The molecule has 2 aliphatic rings. The van der Waals surface area contributed by atoms with E-state index in [2.05, 4.69) is 29.1 Å². The Balaban J connectivity index is 1.64. The van der Waals surface area contributed by atoms with Crippen LogP contribution in [0.5, 0.6) is 0 Å². The van der Waals surface area contributed by atoms with Crippen molar-refractivity contribution < 1.29 is 9.59 Å². The third-order valence-electron chi connectivity index (χ3n) is 6.86. The molecule has 2 aromatic rings. The molecule has 2 aliphatic heterocycles. The average Bonchev–Trinajstić information content (AvgIpc) is 2.83. The van der Waals surface area contributed by atoms with E-state index in [4.69, 9.17) is 16.5 Å². The molecule has 1 atom stereocenters. The molecular weight excluding hydrogens is 444 g/mol. The summed E-state index contributed by atoms with van der Waals surface area (Å²) >= 11 is 0. The first-order chi connectivity index (χ1) is 16.7. The zero-order valence-electron chi connectivity index (χ0n) is 20.8. The lowest BCUT2D eigenvalue weighted by Crippen LogP contribution is -2.43. The zero-order valence-corrected chi connectivity index (χ0v) is 20.8. The summed E-state index contributed by atoms with van der Waals surface area (Å²) in [5, 5.41) is 3.33. The number of pyridine rings is 1. The van der Waals surface area contributed by atoms with E-state index in [1.165, 1.54) is 6.20 Å².